The lowest BCUT2D eigenvalue weighted by atomic mass is 9.91. The number of hydrogen-bond acceptors (Lipinski definition) is 2. The number of nitrogens with two attached hydrogens (primary N) is 1. The predicted molar refractivity (Wildman–Crippen MR) is 66.3 cm³/mol. The van der Waals surface area contributed by atoms with E-state index in [-0.39, 0.29) is 5.54 Å². The molecule has 16 heavy (non-hydrogen) atoms. The van der Waals surface area contributed by atoms with Gasteiger partial charge in [-0.3, -0.25) is 0 Å². The fourth-order valence-corrected chi connectivity index (χ4v) is 2.09. The molecule has 0 heterocycles. The van der Waals surface area contributed by atoms with Crippen molar-refractivity contribution in [3.05, 3.63) is 35.4 Å². The molecule has 1 fully saturated rings. The third kappa shape index (κ3) is 3.06. The third-order valence-electron chi connectivity index (χ3n) is 3.18. The van der Waals surface area contributed by atoms with Gasteiger partial charge in [-0.1, -0.05) is 24.3 Å². The quantitative estimate of drug-likeness (QED) is 0.814. The highest BCUT2D eigenvalue weighted by atomic mass is 16.3. The summed E-state index contributed by atoms with van der Waals surface area (Å²) in [6.07, 6.45) is 3.90. The fraction of sp³-hybridized carbons (Fsp3) is 0.571. The summed E-state index contributed by atoms with van der Waals surface area (Å²) in [5, 5.41) is 9.88. The Balaban J connectivity index is 2.17. The molecule has 0 saturated heterocycles. The molecule has 88 valence electrons. The molecule has 0 amide bonds. The minimum absolute atomic E-state index is 0.0374. The predicted octanol–water partition coefficient (Wildman–Crippen LogP) is 2.03. The molecule has 0 unspecified atom stereocenters. The van der Waals surface area contributed by atoms with E-state index in [4.69, 9.17) is 5.73 Å². The molecular weight excluding hydrogens is 198 g/mol. The van der Waals surface area contributed by atoms with Crippen LogP contribution in [0.1, 0.15) is 37.8 Å². The van der Waals surface area contributed by atoms with E-state index in [0.29, 0.717) is 6.42 Å². The molecule has 0 radical (unpaired) electrons. The first-order chi connectivity index (χ1) is 7.38. The summed E-state index contributed by atoms with van der Waals surface area (Å²) in [5.74, 6) is 0. The van der Waals surface area contributed by atoms with Crippen molar-refractivity contribution in [2.24, 2.45) is 5.73 Å². The van der Waals surface area contributed by atoms with Crippen LogP contribution in [0.2, 0.25) is 0 Å². The maximum Gasteiger partial charge on any atom is 0.0632 e. The Labute approximate surface area is 97.5 Å². The summed E-state index contributed by atoms with van der Waals surface area (Å²) in [6.45, 7) is 3.69. The van der Waals surface area contributed by atoms with E-state index in [1.807, 2.05) is 19.9 Å². The maximum absolute atomic E-state index is 9.88. The van der Waals surface area contributed by atoms with Crippen LogP contribution in [0.5, 0.6) is 0 Å². The Bertz CT molecular complexity index is 348. The van der Waals surface area contributed by atoms with Gasteiger partial charge in [-0.05, 0) is 44.2 Å². The topological polar surface area (TPSA) is 46.2 Å². The molecule has 2 heteroatoms. The van der Waals surface area contributed by atoms with Gasteiger partial charge < -0.3 is 10.8 Å². The van der Waals surface area contributed by atoms with Gasteiger partial charge in [0.2, 0.25) is 0 Å². The lowest BCUT2D eigenvalue weighted by Crippen LogP contribution is -2.27. The SMILES string of the molecule is CC(C)(O)Cc1ccccc1CC1(N)CC1. The summed E-state index contributed by atoms with van der Waals surface area (Å²) in [6, 6.07) is 8.31. The summed E-state index contributed by atoms with van der Waals surface area (Å²) in [4.78, 5) is 0. The zero-order chi connectivity index (χ0) is 11.8. The molecule has 1 aliphatic carbocycles. The molecule has 0 aromatic heterocycles. The molecule has 0 bridgehead atoms. The van der Waals surface area contributed by atoms with Crippen LogP contribution in [-0.4, -0.2) is 16.2 Å². The van der Waals surface area contributed by atoms with Crippen LogP contribution in [0, 0.1) is 0 Å². The van der Waals surface area contributed by atoms with E-state index in [9.17, 15) is 5.11 Å². The van der Waals surface area contributed by atoms with E-state index in [1.54, 1.807) is 0 Å². The third-order valence-corrected chi connectivity index (χ3v) is 3.18. The van der Waals surface area contributed by atoms with Crippen molar-refractivity contribution >= 4 is 0 Å². The molecule has 1 aromatic carbocycles. The molecule has 0 spiro atoms. The lowest BCUT2D eigenvalue weighted by Gasteiger charge is -2.20. The Hall–Kier alpha value is -0.860. The smallest absolute Gasteiger partial charge is 0.0632 e. The normalized spacial score (nSPS) is 18.5. The zero-order valence-corrected chi connectivity index (χ0v) is 10.2. The van der Waals surface area contributed by atoms with E-state index in [1.165, 1.54) is 11.1 Å². The van der Waals surface area contributed by atoms with Crippen molar-refractivity contribution < 1.29 is 5.11 Å². The van der Waals surface area contributed by atoms with Gasteiger partial charge in [0.15, 0.2) is 0 Å². The molecule has 0 atom stereocenters. The second kappa shape index (κ2) is 3.86. The first kappa shape index (κ1) is 11.6. The second-order valence-electron chi connectivity index (χ2n) is 5.80. The molecule has 1 aromatic rings. The Morgan fingerprint density at radius 1 is 1.25 bits per heavy atom. The number of aliphatic hydroxyl groups is 1. The van der Waals surface area contributed by atoms with Gasteiger partial charge >= 0.3 is 0 Å². The van der Waals surface area contributed by atoms with Crippen molar-refractivity contribution in [1.82, 2.24) is 0 Å². The van der Waals surface area contributed by atoms with Gasteiger partial charge in [0.05, 0.1) is 5.60 Å². The maximum atomic E-state index is 9.88. The van der Waals surface area contributed by atoms with Crippen molar-refractivity contribution in [3.63, 3.8) is 0 Å². The molecule has 1 aliphatic rings. The number of rotatable bonds is 4. The fourth-order valence-electron chi connectivity index (χ4n) is 2.09. The van der Waals surface area contributed by atoms with Crippen LogP contribution in [-0.2, 0) is 12.8 Å². The first-order valence-corrected chi connectivity index (χ1v) is 5.96. The van der Waals surface area contributed by atoms with Gasteiger partial charge in [-0.25, -0.2) is 0 Å². The van der Waals surface area contributed by atoms with Crippen molar-refractivity contribution in [1.29, 1.82) is 0 Å². The lowest BCUT2D eigenvalue weighted by molar-refractivity contribution is 0.0807. The average molecular weight is 219 g/mol. The Kier molecular flexibility index (Phi) is 2.81. The first-order valence-electron chi connectivity index (χ1n) is 5.96. The minimum atomic E-state index is -0.651. The second-order valence-corrected chi connectivity index (χ2v) is 5.80. The molecule has 2 rings (SSSR count). The largest absolute Gasteiger partial charge is 0.390 e. The van der Waals surface area contributed by atoms with Crippen molar-refractivity contribution in [2.75, 3.05) is 0 Å². The molecule has 3 N–H and O–H groups in total. The molecule has 2 nitrogen and oxygen atoms in total. The van der Waals surface area contributed by atoms with Crippen LogP contribution in [0.4, 0.5) is 0 Å². The monoisotopic (exact) mass is 219 g/mol. The molecule has 1 saturated carbocycles. The summed E-state index contributed by atoms with van der Waals surface area (Å²) >= 11 is 0. The highest BCUT2D eigenvalue weighted by molar-refractivity contribution is 5.31. The highest BCUT2D eigenvalue weighted by Gasteiger charge is 2.38. The summed E-state index contributed by atoms with van der Waals surface area (Å²) in [7, 11) is 0. The van der Waals surface area contributed by atoms with Gasteiger partial charge in [-0.2, -0.15) is 0 Å². The van der Waals surface area contributed by atoms with Gasteiger partial charge in [0, 0.05) is 12.0 Å². The highest BCUT2D eigenvalue weighted by Crippen LogP contribution is 2.36. The number of hydrogen-bond donors (Lipinski definition) is 2. The van der Waals surface area contributed by atoms with Crippen LogP contribution in [0.15, 0.2) is 24.3 Å². The van der Waals surface area contributed by atoms with Crippen LogP contribution in [0.25, 0.3) is 0 Å². The van der Waals surface area contributed by atoms with Crippen molar-refractivity contribution in [3.8, 4) is 0 Å². The van der Waals surface area contributed by atoms with E-state index < -0.39 is 5.60 Å². The zero-order valence-electron chi connectivity index (χ0n) is 10.2. The average Bonchev–Trinajstić information content (AvgIpc) is 2.85. The minimum Gasteiger partial charge on any atom is -0.390 e. The van der Waals surface area contributed by atoms with Crippen LogP contribution < -0.4 is 5.73 Å². The molecule has 0 aliphatic heterocycles. The van der Waals surface area contributed by atoms with Gasteiger partial charge in [0.25, 0.3) is 0 Å². The van der Waals surface area contributed by atoms with Crippen LogP contribution >= 0.6 is 0 Å². The molecular formula is C14H21NO. The summed E-state index contributed by atoms with van der Waals surface area (Å²) < 4.78 is 0. The Morgan fingerprint density at radius 3 is 2.31 bits per heavy atom. The van der Waals surface area contributed by atoms with Crippen molar-refractivity contribution in [2.45, 2.75) is 50.7 Å². The van der Waals surface area contributed by atoms with E-state index in [0.717, 1.165) is 19.3 Å². The standard InChI is InChI=1S/C14H21NO/c1-13(2,16)9-11-5-3-4-6-12(11)10-14(15)7-8-14/h3-6,16H,7-10,15H2,1-2H3. The van der Waals surface area contributed by atoms with Crippen LogP contribution in [0.3, 0.4) is 0 Å². The van der Waals surface area contributed by atoms with E-state index >= 15 is 0 Å². The van der Waals surface area contributed by atoms with Gasteiger partial charge in [0.1, 0.15) is 0 Å². The van der Waals surface area contributed by atoms with E-state index in [2.05, 4.69) is 18.2 Å². The Morgan fingerprint density at radius 2 is 1.81 bits per heavy atom. The number of benzene rings is 1. The summed E-state index contributed by atoms with van der Waals surface area (Å²) in [5.41, 5.74) is 8.06. The van der Waals surface area contributed by atoms with Gasteiger partial charge in [-0.15, -0.1) is 0 Å².